The van der Waals surface area contributed by atoms with Crippen molar-refractivity contribution >= 4 is 7.60 Å². The van der Waals surface area contributed by atoms with Crippen molar-refractivity contribution in [1.82, 2.24) is 0 Å². The van der Waals surface area contributed by atoms with E-state index in [4.69, 9.17) is 0 Å². The van der Waals surface area contributed by atoms with Gasteiger partial charge in [-0.15, -0.1) is 0 Å². The predicted molar refractivity (Wildman–Crippen MR) is 20.3 cm³/mol. The molecule has 0 saturated carbocycles. The Balaban J connectivity index is 3.36. The molecule has 0 rings (SSSR count). The van der Waals surface area contributed by atoms with E-state index >= 15 is 0 Å². The maximum Gasteiger partial charge on any atom is 0.101 e. The van der Waals surface area contributed by atoms with Crippen molar-refractivity contribution < 1.29 is 19.7 Å². The molecule has 0 aliphatic heterocycles. The molecule has 0 aromatic rings. The molecule has 0 radical (unpaired) electrons. The Kier molecular flexibility index (Phi) is 2.46. The zero-order chi connectivity index (χ0) is 5.91. The van der Waals surface area contributed by atoms with Gasteiger partial charge in [0.25, 0.3) is 0 Å². The number of hydrogen-bond donors (Lipinski definition) is 1. The van der Waals surface area contributed by atoms with Crippen molar-refractivity contribution in [3.8, 4) is 0 Å². The summed E-state index contributed by atoms with van der Waals surface area (Å²) >= 11 is 0. The summed E-state index contributed by atoms with van der Waals surface area (Å²) in [5.74, 6) is 0. The molecule has 2 N–H and O–H groups in total. The minimum absolute atomic E-state index is 0.340. The lowest BCUT2D eigenvalue weighted by atomic mass is 11.3. The molecule has 7 heavy (non-hydrogen) atoms. The van der Waals surface area contributed by atoms with Crippen LogP contribution in [0.2, 0.25) is 0 Å². The highest BCUT2D eigenvalue weighted by Crippen LogP contribution is 2.16. The Morgan fingerprint density at radius 2 is 2.14 bits per heavy atom. The fourth-order valence-corrected chi connectivity index (χ4v) is 0.671. The van der Waals surface area contributed by atoms with Crippen LogP contribution in [-0.2, 0) is 4.57 Å². The number of nitrogens with two attached hydrogens (primary N) is 1. The molecule has 0 fully saturated rings. The molecular formula is C2H7NO3P-. The molecule has 0 bridgehead atoms. The molecule has 0 spiro atoms. The second kappa shape index (κ2) is 2.43. The lowest BCUT2D eigenvalue weighted by molar-refractivity contribution is -0.618. The van der Waals surface area contributed by atoms with E-state index in [1.165, 1.54) is 12.4 Å². The third-order valence-corrected chi connectivity index (χ3v) is 1.22. The summed E-state index contributed by atoms with van der Waals surface area (Å²) < 4.78 is 9.67. The Labute approximate surface area is 41.7 Å². The van der Waals surface area contributed by atoms with E-state index in [0.717, 1.165) is 0 Å². The van der Waals surface area contributed by atoms with Crippen molar-refractivity contribution in [3.05, 3.63) is 0 Å². The molecule has 0 unspecified atom stereocenters. The van der Waals surface area contributed by atoms with Crippen LogP contribution < -0.4 is 15.1 Å². The van der Waals surface area contributed by atoms with Gasteiger partial charge >= 0.3 is 0 Å². The molecule has 0 aliphatic carbocycles. The normalized spacial score (nSPS) is 11.9. The minimum Gasteiger partial charge on any atom is -0.807 e. The van der Waals surface area contributed by atoms with E-state index in [9.17, 15) is 14.4 Å². The smallest absolute Gasteiger partial charge is 0.101 e. The third-order valence-electron chi connectivity index (χ3n) is 0.406. The molecule has 0 saturated heterocycles. The van der Waals surface area contributed by atoms with E-state index in [1.54, 1.807) is 0 Å². The first-order valence-electron chi connectivity index (χ1n) is 1.85. The summed E-state index contributed by atoms with van der Waals surface area (Å²) in [5, 5.41) is 1.32. The van der Waals surface area contributed by atoms with Gasteiger partial charge in [-0.3, -0.25) is 0 Å². The van der Waals surface area contributed by atoms with Gasteiger partial charge in [0.15, 0.2) is 0 Å². The van der Waals surface area contributed by atoms with Gasteiger partial charge in [-0.25, -0.2) is 0 Å². The average molecular weight is 124 g/mol. The zero-order valence-electron chi connectivity index (χ0n) is 3.96. The predicted octanol–water partition coefficient (Wildman–Crippen LogP) is -2.95. The van der Waals surface area contributed by atoms with Crippen molar-refractivity contribution in [1.29, 1.82) is 0 Å². The molecule has 0 heterocycles. The second-order valence-electron chi connectivity index (χ2n) is 1.20. The summed E-state index contributed by atoms with van der Waals surface area (Å²) in [4.78, 5) is 19.3. The summed E-state index contributed by atoms with van der Waals surface area (Å²) in [5.41, 5.74) is 0. The first-order chi connectivity index (χ1) is 3.06. The molecule has 44 valence electrons. The van der Waals surface area contributed by atoms with Crippen LogP contribution in [0.3, 0.4) is 0 Å². The molecule has 0 aromatic carbocycles. The van der Waals surface area contributed by atoms with Gasteiger partial charge in [-0.1, -0.05) is 0 Å². The van der Waals surface area contributed by atoms with Crippen LogP contribution >= 0.6 is 7.60 Å². The molecule has 0 atom stereocenters. The van der Waals surface area contributed by atoms with Crippen LogP contribution in [-0.4, -0.2) is 13.3 Å². The van der Waals surface area contributed by atoms with E-state index < -0.39 is 7.60 Å². The van der Waals surface area contributed by atoms with Gasteiger partial charge < -0.3 is 19.7 Å². The summed E-state index contributed by atoms with van der Waals surface area (Å²) in [6, 6.07) is 0. The van der Waals surface area contributed by atoms with E-state index in [1.807, 2.05) is 0 Å². The van der Waals surface area contributed by atoms with Gasteiger partial charge in [0.2, 0.25) is 0 Å². The van der Waals surface area contributed by atoms with Gasteiger partial charge in [0, 0.05) is 0 Å². The Morgan fingerprint density at radius 3 is 2.14 bits per heavy atom. The monoisotopic (exact) mass is 124 g/mol. The zero-order valence-corrected chi connectivity index (χ0v) is 4.85. The van der Waals surface area contributed by atoms with Crippen LogP contribution in [0, 0.1) is 0 Å². The third kappa shape index (κ3) is 6.11. The summed E-state index contributed by atoms with van der Waals surface area (Å²) in [6.45, 7) is 0. The molecule has 5 heteroatoms. The topological polar surface area (TPSA) is 79.8 Å². The maximum atomic E-state index is 9.67. The average Bonchev–Trinajstić information content (AvgIpc) is 1.30. The van der Waals surface area contributed by atoms with Gasteiger partial charge in [-0.05, 0) is 7.60 Å². The summed E-state index contributed by atoms with van der Waals surface area (Å²) in [7, 11) is -2.69. The van der Waals surface area contributed by atoms with Crippen LogP contribution in [0.5, 0.6) is 0 Å². The van der Waals surface area contributed by atoms with Crippen molar-refractivity contribution in [2.45, 2.75) is 0 Å². The highest BCUT2D eigenvalue weighted by Gasteiger charge is 1.85. The lowest BCUT2D eigenvalue weighted by Gasteiger charge is -2.25. The van der Waals surface area contributed by atoms with Crippen LogP contribution in [0.15, 0.2) is 0 Å². The van der Waals surface area contributed by atoms with Crippen molar-refractivity contribution in [2.75, 3.05) is 13.3 Å². The Bertz CT molecular complexity index is 86.9. The molecule has 0 aromatic heterocycles. The fraction of sp³-hybridized carbons (Fsp3) is 1.00. The van der Waals surface area contributed by atoms with Crippen molar-refractivity contribution in [2.24, 2.45) is 0 Å². The molecular weight excluding hydrogens is 117 g/mol. The fourth-order valence-electron chi connectivity index (χ4n) is 0.224. The molecule has 0 amide bonds. The Hall–Kier alpha value is 0.110. The maximum absolute atomic E-state index is 9.67. The minimum atomic E-state index is -4.22. The van der Waals surface area contributed by atoms with Gasteiger partial charge in [-0.2, -0.15) is 0 Å². The lowest BCUT2D eigenvalue weighted by Crippen LogP contribution is -2.80. The van der Waals surface area contributed by atoms with E-state index in [0.29, 0.717) is 0 Å². The van der Waals surface area contributed by atoms with Gasteiger partial charge in [0.1, 0.15) is 6.29 Å². The van der Waals surface area contributed by atoms with Crippen LogP contribution in [0.25, 0.3) is 0 Å². The largest absolute Gasteiger partial charge is 0.807 e. The Morgan fingerprint density at radius 1 is 1.71 bits per heavy atom. The quantitative estimate of drug-likeness (QED) is 0.399. The van der Waals surface area contributed by atoms with Crippen molar-refractivity contribution in [3.63, 3.8) is 0 Å². The molecule has 4 nitrogen and oxygen atoms in total. The number of hydrogen-bond acceptors (Lipinski definition) is 3. The second-order valence-corrected chi connectivity index (χ2v) is 2.79. The highest BCUT2D eigenvalue weighted by molar-refractivity contribution is 7.48. The first-order valence-corrected chi connectivity index (χ1v) is 3.58. The van der Waals surface area contributed by atoms with E-state index in [-0.39, 0.29) is 6.29 Å². The van der Waals surface area contributed by atoms with Gasteiger partial charge in [0.05, 0.1) is 7.05 Å². The standard InChI is InChI=1S/C2H8NO3P/c1-3-2-7(4,5)6/h3H,2H2,1H3,(H2,4,5,6)/p-1. The number of quaternary nitrogens is 1. The van der Waals surface area contributed by atoms with Crippen LogP contribution in [0.4, 0.5) is 0 Å². The molecule has 0 aliphatic rings. The number of rotatable bonds is 2. The SMILES string of the molecule is C[NH2+]CP(=O)([O-])[O-]. The van der Waals surface area contributed by atoms with E-state index in [2.05, 4.69) is 0 Å². The first kappa shape index (κ1) is 7.11. The summed E-state index contributed by atoms with van der Waals surface area (Å²) in [6.07, 6.45) is -0.340. The highest BCUT2D eigenvalue weighted by atomic mass is 31.2. The van der Waals surface area contributed by atoms with Crippen LogP contribution in [0.1, 0.15) is 0 Å².